The molecule has 1 aromatic rings. The molecule has 0 saturated heterocycles. The maximum atomic E-state index is 10.3. The second-order valence-electron chi connectivity index (χ2n) is 2.27. The molecule has 0 saturated carbocycles. The van der Waals surface area contributed by atoms with E-state index in [-0.39, 0.29) is 12.2 Å². The van der Waals surface area contributed by atoms with Crippen LogP contribution in [0.1, 0.15) is 5.56 Å². The molecule has 0 bridgehead atoms. The number of hydrogen-bond acceptors (Lipinski definition) is 2. The summed E-state index contributed by atoms with van der Waals surface area (Å²) < 4.78 is 0.459. The minimum atomic E-state index is -0.902. The Labute approximate surface area is 77.8 Å². The summed E-state index contributed by atoms with van der Waals surface area (Å²) in [4.78, 5) is 10.3. The molecule has 63 valence electrons. The van der Waals surface area contributed by atoms with Crippen LogP contribution in [0.5, 0.6) is 5.75 Å². The molecule has 0 aliphatic heterocycles. The summed E-state index contributed by atoms with van der Waals surface area (Å²) in [7, 11) is 0. The highest BCUT2D eigenvalue weighted by Crippen LogP contribution is 2.23. The van der Waals surface area contributed by atoms with Crippen LogP contribution < -0.4 is 0 Å². The van der Waals surface area contributed by atoms with E-state index in [1.807, 2.05) is 0 Å². The standard InChI is InChI=1S/C8H6BrO3/c9-6-3-5(4-8(11)12)1-2-7(6)10/h1,3,10H,4H2,(H,11,12). The van der Waals surface area contributed by atoms with Crippen molar-refractivity contribution in [2.75, 3.05) is 0 Å². The average molecular weight is 230 g/mol. The topological polar surface area (TPSA) is 57.5 Å². The first-order chi connectivity index (χ1) is 5.59. The van der Waals surface area contributed by atoms with Crippen molar-refractivity contribution in [1.29, 1.82) is 0 Å². The summed E-state index contributed by atoms with van der Waals surface area (Å²) in [5, 5.41) is 17.5. The Balaban J connectivity index is 2.89. The smallest absolute Gasteiger partial charge is 0.307 e. The highest BCUT2D eigenvalue weighted by molar-refractivity contribution is 9.10. The fraction of sp³-hybridized carbons (Fsp3) is 0.125. The third kappa shape index (κ3) is 2.23. The van der Waals surface area contributed by atoms with Gasteiger partial charge in [0.05, 0.1) is 10.9 Å². The molecule has 1 radical (unpaired) electrons. The lowest BCUT2D eigenvalue weighted by Gasteiger charge is -1.99. The van der Waals surface area contributed by atoms with Crippen molar-refractivity contribution in [3.8, 4) is 5.75 Å². The van der Waals surface area contributed by atoms with Gasteiger partial charge in [-0.15, -0.1) is 0 Å². The molecule has 0 unspecified atom stereocenters. The summed E-state index contributed by atoms with van der Waals surface area (Å²) in [5.41, 5.74) is 0.604. The molecule has 0 atom stereocenters. The van der Waals surface area contributed by atoms with Crippen molar-refractivity contribution < 1.29 is 15.0 Å². The van der Waals surface area contributed by atoms with Gasteiger partial charge in [-0.2, -0.15) is 0 Å². The largest absolute Gasteiger partial charge is 0.506 e. The Hall–Kier alpha value is -1.03. The van der Waals surface area contributed by atoms with Gasteiger partial charge in [0.2, 0.25) is 0 Å². The van der Waals surface area contributed by atoms with Crippen LogP contribution in [0.25, 0.3) is 0 Å². The van der Waals surface area contributed by atoms with Crippen LogP contribution >= 0.6 is 15.9 Å². The maximum Gasteiger partial charge on any atom is 0.307 e. The zero-order valence-corrected chi connectivity index (χ0v) is 7.63. The van der Waals surface area contributed by atoms with Gasteiger partial charge in [0.1, 0.15) is 5.75 Å². The molecule has 2 N–H and O–H groups in total. The molecule has 4 heteroatoms. The van der Waals surface area contributed by atoms with E-state index in [1.54, 1.807) is 6.07 Å². The van der Waals surface area contributed by atoms with Crippen LogP contribution in [0.4, 0.5) is 0 Å². The van der Waals surface area contributed by atoms with Crippen LogP contribution in [-0.4, -0.2) is 16.2 Å². The van der Waals surface area contributed by atoms with Crippen molar-refractivity contribution in [2.24, 2.45) is 0 Å². The molecular formula is C8H6BrO3. The Bertz CT molecular complexity index is 309. The first-order valence-electron chi connectivity index (χ1n) is 3.20. The highest BCUT2D eigenvalue weighted by Gasteiger charge is 2.03. The Morgan fingerprint density at radius 2 is 2.33 bits per heavy atom. The molecule has 0 aromatic heterocycles. The first-order valence-corrected chi connectivity index (χ1v) is 4.00. The third-order valence-electron chi connectivity index (χ3n) is 1.29. The lowest BCUT2D eigenvalue weighted by molar-refractivity contribution is -0.136. The summed E-state index contributed by atoms with van der Waals surface area (Å²) in [6, 6.07) is 5.53. The number of carbonyl (C=O) groups is 1. The van der Waals surface area contributed by atoms with Crippen LogP contribution in [0.15, 0.2) is 16.6 Å². The zero-order chi connectivity index (χ0) is 9.14. The van der Waals surface area contributed by atoms with E-state index in [0.717, 1.165) is 0 Å². The van der Waals surface area contributed by atoms with E-state index in [2.05, 4.69) is 22.0 Å². The Morgan fingerprint density at radius 3 is 2.83 bits per heavy atom. The molecule has 0 aliphatic rings. The maximum absolute atomic E-state index is 10.3. The minimum Gasteiger partial charge on any atom is -0.506 e. The number of hydrogen-bond donors (Lipinski definition) is 2. The zero-order valence-electron chi connectivity index (χ0n) is 6.04. The molecule has 0 heterocycles. The number of halogens is 1. The van der Waals surface area contributed by atoms with Gasteiger partial charge in [-0.1, -0.05) is 0 Å². The van der Waals surface area contributed by atoms with Gasteiger partial charge < -0.3 is 10.2 Å². The predicted octanol–water partition coefficient (Wildman–Crippen LogP) is 1.58. The van der Waals surface area contributed by atoms with Crippen LogP contribution in [0.3, 0.4) is 0 Å². The van der Waals surface area contributed by atoms with Crippen molar-refractivity contribution in [3.63, 3.8) is 0 Å². The van der Waals surface area contributed by atoms with Crippen molar-refractivity contribution in [3.05, 3.63) is 28.2 Å². The average Bonchev–Trinajstić information content (AvgIpc) is 1.96. The monoisotopic (exact) mass is 229 g/mol. The molecular weight excluding hydrogens is 224 g/mol. The Morgan fingerprint density at radius 1 is 1.67 bits per heavy atom. The first kappa shape index (κ1) is 9.06. The van der Waals surface area contributed by atoms with E-state index in [4.69, 9.17) is 10.2 Å². The second-order valence-corrected chi connectivity index (χ2v) is 3.13. The van der Waals surface area contributed by atoms with Crippen molar-refractivity contribution in [1.82, 2.24) is 0 Å². The van der Waals surface area contributed by atoms with Crippen molar-refractivity contribution in [2.45, 2.75) is 6.42 Å². The normalized spacial score (nSPS) is 9.75. The number of benzene rings is 1. The van der Waals surface area contributed by atoms with Gasteiger partial charge in [0.15, 0.2) is 0 Å². The number of phenolic OH excluding ortho intramolecular Hbond substituents is 1. The summed E-state index contributed by atoms with van der Waals surface area (Å²) in [6.45, 7) is 0. The number of carboxylic acid groups (broad SMARTS) is 1. The number of carboxylic acids is 1. The van der Waals surface area contributed by atoms with Gasteiger partial charge in [0.25, 0.3) is 0 Å². The van der Waals surface area contributed by atoms with E-state index in [0.29, 0.717) is 10.0 Å². The summed E-state index contributed by atoms with van der Waals surface area (Å²) >= 11 is 3.06. The molecule has 0 aliphatic carbocycles. The van der Waals surface area contributed by atoms with E-state index < -0.39 is 5.97 Å². The minimum absolute atomic E-state index is 0.0101. The van der Waals surface area contributed by atoms with Crippen molar-refractivity contribution >= 4 is 21.9 Å². The van der Waals surface area contributed by atoms with E-state index in [9.17, 15) is 4.79 Å². The van der Waals surface area contributed by atoms with Gasteiger partial charge in [-0.25, -0.2) is 0 Å². The highest BCUT2D eigenvalue weighted by atomic mass is 79.9. The fourth-order valence-electron chi connectivity index (χ4n) is 0.779. The van der Waals surface area contributed by atoms with Crippen LogP contribution in [0, 0.1) is 6.07 Å². The van der Waals surface area contributed by atoms with Gasteiger partial charge in [-0.05, 0) is 33.6 Å². The molecule has 1 aromatic carbocycles. The molecule has 1 rings (SSSR count). The van der Waals surface area contributed by atoms with E-state index >= 15 is 0 Å². The second kappa shape index (κ2) is 3.58. The Kier molecular flexibility index (Phi) is 2.70. The molecule has 0 fully saturated rings. The number of rotatable bonds is 2. The van der Waals surface area contributed by atoms with Crippen LogP contribution in [0.2, 0.25) is 0 Å². The number of phenols is 1. The summed E-state index contributed by atoms with van der Waals surface area (Å²) in [6.07, 6.45) is -0.0601. The van der Waals surface area contributed by atoms with E-state index in [1.165, 1.54) is 6.07 Å². The van der Waals surface area contributed by atoms with Gasteiger partial charge in [0, 0.05) is 6.07 Å². The van der Waals surface area contributed by atoms with Gasteiger partial charge in [-0.3, -0.25) is 4.79 Å². The molecule has 3 nitrogen and oxygen atoms in total. The SMILES string of the molecule is O=C(O)Cc1c[c]c(O)c(Br)c1. The summed E-state index contributed by atoms with van der Waals surface area (Å²) in [5.74, 6) is -0.912. The fourth-order valence-corrected chi connectivity index (χ4v) is 1.19. The number of aromatic hydroxyl groups is 1. The third-order valence-corrected chi connectivity index (χ3v) is 1.89. The lowest BCUT2D eigenvalue weighted by Crippen LogP contribution is -1.99. The molecule has 0 spiro atoms. The van der Waals surface area contributed by atoms with Crippen LogP contribution in [-0.2, 0) is 11.2 Å². The number of aliphatic carboxylic acids is 1. The quantitative estimate of drug-likeness (QED) is 0.810. The predicted molar refractivity (Wildman–Crippen MR) is 46.0 cm³/mol. The lowest BCUT2D eigenvalue weighted by atomic mass is 10.1. The molecule has 0 amide bonds. The van der Waals surface area contributed by atoms with Gasteiger partial charge >= 0.3 is 5.97 Å². The molecule has 12 heavy (non-hydrogen) atoms.